The summed E-state index contributed by atoms with van der Waals surface area (Å²) in [6.07, 6.45) is 1.53. The van der Waals surface area contributed by atoms with Crippen molar-refractivity contribution in [3.8, 4) is 0 Å². The molecule has 1 atom stereocenters. The van der Waals surface area contributed by atoms with E-state index in [9.17, 15) is 0 Å². The molecule has 0 aliphatic rings. The predicted octanol–water partition coefficient (Wildman–Crippen LogP) is 3.38. The number of benzene rings is 1. The molecule has 0 bridgehead atoms. The van der Waals surface area contributed by atoms with Crippen molar-refractivity contribution < 1.29 is 0 Å². The molecule has 1 aromatic rings. The first-order valence-corrected chi connectivity index (χ1v) is 6.31. The second-order valence-corrected chi connectivity index (χ2v) is 4.83. The Kier molecular flexibility index (Phi) is 5.57. The van der Waals surface area contributed by atoms with E-state index < -0.39 is 0 Å². The predicted molar refractivity (Wildman–Crippen MR) is 83.7 cm³/mol. The van der Waals surface area contributed by atoms with Crippen molar-refractivity contribution in [2.75, 3.05) is 5.73 Å². The van der Waals surface area contributed by atoms with Crippen LogP contribution in [0.15, 0.2) is 40.2 Å². The molecular weight excluding hydrogens is 260 g/mol. The fourth-order valence-electron chi connectivity index (χ4n) is 1.78. The number of nitrogens with one attached hydrogen (secondary N) is 1. The molecule has 19 heavy (non-hydrogen) atoms. The SMILES string of the molecule is C=N/C=C(\N=C(/C)Cl)N[C@@H](C)c1cc(N)ccc1C. The molecule has 0 heterocycles. The smallest absolute Gasteiger partial charge is 0.146 e. The van der Waals surface area contributed by atoms with Crippen LogP contribution in [-0.4, -0.2) is 11.9 Å². The van der Waals surface area contributed by atoms with Gasteiger partial charge in [0.2, 0.25) is 0 Å². The maximum absolute atomic E-state index is 5.82. The molecule has 1 aromatic carbocycles. The van der Waals surface area contributed by atoms with E-state index in [2.05, 4.69) is 22.0 Å². The molecule has 4 nitrogen and oxygen atoms in total. The van der Waals surface area contributed by atoms with Gasteiger partial charge < -0.3 is 11.1 Å². The topological polar surface area (TPSA) is 62.8 Å². The quantitative estimate of drug-likeness (QED) is 0.641. The van der Waals surface area contributed by atoms with Crippen LogP contribution in [0, 0.1) is 6.92 Å². The number of halogens is 1. The van der Waals surface area contributed by atoms with Gasteiger partial charge in [0.25, 0.3) is 0 Å². The third-order valence-electron chi connectivity index (χ3n) is 2.62. The molecule has 0 fully saturated rings. The summed E-state index contributed by atoms with van der Waals surface area (Å²) in [6.45, 7) is 9.19. The minimum atomic E-state index is 0.0382. The Morgan fingerprint density at radius 3 is 2.79 bits per heavy atom. The molecule has 0 unspecified atom stereocenters. The van der Waals surface area contributed by atoms with Gasteiger partial charge >= 0.3 is 0 Å². The van der Waals surface area contributed by atoms with E-state index in [0.29, 0.717) is 11.0 Å². The number of nitrogens with two attached hydrogens (primary N) is 1. The standard InChI is InChI=1S/C14H19ClN4/c1-9-5-6-12(16)7-13(9)10(2)18-14(8-17-4)19-11(3)15/h5-8,10,18H,4,16H2,1-3H3/b14-8-,19-11+/t10-/m0/s1. The molecule has 0 radical (unpaired) electrons. The summed E-state index contributed by atoms with van der Waals surface area (Å²) in [6, 6.07) is 5.86. The van der Waals surface area contributed by atoms with E-state index in [4.69, 9.17) is 17.3 Å². The van der Waals surface area contributed by atoms with Crippen molar-refractivity contribution in [2.24, 2.45) is 9.98 Å². The van der Waals surface area contributed by atoms with Crippen LogP contribution in [0.3, 0.4) is 0 Å². The van der Waals surface area contributed by atoms with Crippen LogP contribution in [-0.2, 0) is 0 Å². The Labute approximate surface area is 119 Å². The Bertz CT molecular complexity index is 516. The largest absolute Gasteiger partial charge is 0.399 e. The summed E-state index contributed by atoms with van der Waals surface area (Å²) in [5.41, 5.74) is 8.82. The van der Waals surface area contributed by atoms with Crippen LogP contribution in [0.1, 0.15) is 31.0 Å². The van der Waals surface area contributed by atoms with Crippen molar-refractivity contribution in [2.45, 2.75) is 26.8 Å². The Morgan fingerprint density at radius 2 is 2.21 bits per heavy atom. The lowest BCUT2D eigenvalue weighted by Crippen LogP contribution is -2.18. The van der Waals surface area contributed by atoms with Crippen molar-refractivity contribution in [1.82, 2.24) is 5.32 Å². The number of nitrogen functional groups attached to an aromatic ring is 1. The van der Waals surface area contributed by atoms with Crippen molar-refractivity contribution in [1.29, 1.82) is 0 Å². The summed E-state index contributed by atoms with van der Waals surface area (Å²) in [7, 11) is 0. The number of aryl methyl sites for hydroxylation is 1. The average molecular weight is 279 g/mol. The summed E-state index contributed by atoms with van der Waals surface area (Å²) in [5.74, 6) is 0.567. The van der Waals surface area contributed by atoms with E-state index >= 15 is 0 Å². The van der Waals surface area contributed by atoms with Crippen LogP contribution >= 0.6 is 11.6 Å². The number of aliphatic imine (C=N–C) groups is 2. The lowest BCUT2D eigenvalue weighted by Gasteiger charge is -2.18. The van der Waals surface area contributed by atoms with Gasteiger partial charge in [0.05, 0.1) is 12.2 Å². The zero-order valence-corrected chi connectivity index (χ0v) is 12.2. The highest BCUT2D eigenvalue weighted by Crippen LogP contribution is 2.21. The number of rotatable bonds is 5. The fourth-order valence-corrected chi connectivity index (χ4v) is 1.87. The molecular formula is C14H19ClN4. The van der Waals surface area contributed by atoms with Crippen LogP contribution in [0.25, 0.3) is 0 Å². The van der Waals surface area contributed by atoms with Gasteiger partial charge in [-0.25, -0.2) is 4.99 Å². The maximum atomic E-state index is 5.82. The zero-order valence-electron chi connectivity index (χ0n) is 11.4. The van der Waals surface area contributed by atoms with Gasteiger partial charge in [-0.1, -0.05) is 17.7 Å². The van der Waals surface area contributed by atoms with Crippen molar-refractivity contribution in [3.05, 3.63) is 41.3 Å². The summed E-state index contributed by atoms with van der Waals surface area (Å²) < 4.78 is 0. The summed E-state index contributed by atoms with van der Waals surface area (Å²) in [5, 5.41) is 3.66. The van der Waals surface area contributed by atoms with E-state index in [1.807, 2.05) is 32.0 Å². The fraction of sp³-hybridized carbons (Fsp3) is 0.286. The van der Waals surface area contributed by atoms with Crippen LogP contribution < -0.4 is 11.1 Å². The third kappa shape index (κ3) is 4.75. The lowest BCUT2D eigenvalue weighted by atomic mass is 10.0. The first kappa shape index (κ1) is 15.2. The monoisotopic (exact) mass is 278 g/mol. The number of hydrogen-bond acceptors (Lipinski definition) is 4. The second kappa shape index (κ2) is 6.95. The minimum Gasteiger partial charge on any atom is -0.399 e. The number of anilines is 1. The minimum absolute atomic E-state index is 0.0382. The number of hydrogen-bond donors (Lipinski definition) is 2. The Hall–Kier alpha value is -1.81. The molecule has 3 N–H and O–H groups in total. The van der Waals surface area contributed by atoms with E-state index in [0.717, 1.165) is 16.8 Å². The highest BCUT2D eigenvalue weighted by molar-refractivity contribution is 6.64. The Balaban J connectivity index is 2.97. The first-order chi connectivity index (χ1) is 8.93. The Morgan fingerprint density at radius 1 is 1.53 bits per heavy atom. The molecule has 0 saturated carbocycles. The van der Waals surface area contributed by atoms with Crippen LogP contribution in [0.2, 0.25) is 0 Å². The van der Waals surface area contributed by atoms with Gasteiger partial charge in [-0.3, -0.25) is 4.99 Å². The molecule has 0 spiro atoms. The second-order valence-electron chi connectivity index (χ2n) is 4.29. The van der Waals surface area contributed by atoms with Gasteiger partial charge in [0.1, 0.15) is 11.0 Å². The van der Waals surface area contributed by atoms with Gasteiger partial charge in [-0.2, -0.15) is 0 Å². The van der Waals surface area contributed by atoms with Gasteiger partial charge in [-0.15, -0.1) is 0 Å². The van der Waals surface area contributed by atoms with Gasteiger partial charge in [-0.05, 0) is 50.7 Å². The lowest BCUT2D eigenvalue weighted by molar-refractivity contribution is 0.644. The molecule has 102 valence electrons. The van der Waals surface area contributed by atoms with Crippen LogP contribution in [0.4, 0.5) is 5.69 Å². The van der Waals surface area contributed by atoms with Crippen LogP contribution in [0.5, 0.6) is 0 Å². The van der Waals surface area contributed by atoms with Crippen molar-refractivity contribution in [3.63, 3.8) is 0 Å². The number of nitrogens with zero attached hydrogens (tertiary/aromatic N) is 2. The molecule has 0 amide bonds. The third-order valence-corrected chi connectivity index (χ3v) is 2.71. The van der Waals surface area contributed by atoms with Gasteiger partial charge in [0, 0.05) is 5.69 Å². The van der Waals surface area contributed by atoms with Gasteiger partial charge in [0.15, 0.2) is 0 Å². The molecule has 1 rings (SSSR count). The molecule has 0 aliphatic heterocycles. The summed E-state index contributed by atoms with van der Waals surface area (Å²) in [4.78, 5) is 7.86. The molecule has 5 heteroatoms. The first-order valence-electron chi connectivity index (χ1n) is 5.93. The molecule has 0 aliphatic carbocycles. The average Bonchev–Trinajstić information content (AvgIpc) is 2.31. The summed E-state index contributed by atoms with van der Waals surface area (Å²) >= 11 is 5.78. The molecule has 0 saturated heterocycles. The normalized spacial score (nSPS) is 14.1. The van der Waals surface area contributed by atoms with E-state index in [-0.39, 0.29) is 6.04 Å². The highest BCUT2D eigenvalue weighted by atomic mass is 35.5. The maximum Gasteiger partial charge on any atom is 0.146 e. The molecule has 0 aromatic heterocycles. The highest BCUT2D eigenvalue weighted by Gasteiger charge is 2.10. The zero-order chi connectivity index (χ0) is 14.4. The van der Waals surface area contributed by atoms with E-state index in [1.54, 1.807) is 6.92 Å². The van der Waals surface area contributed by atoms with Crippen molar-refractivity contribution >= 4 is 29.2 Å². The van der Waals surface area contributed by atoms with E-state index in [1.165, 1.54) is 6.20 Å².